The number of aromatic nitrogens is 2. The molecular formula is C14H27N3O. The van der Waals surface area contributed by atoms with Crippen molar-refractivity contribution in [3.8, 4) is 5.75 Å². The molecule has 104 valence electrons. The van der Waals surface area contributed by atoms with E-state index in [1.165, 1.54) is 0 Å². The van der Waals surface area contributed by atoms with Crippen molar-refractivity contribution in [1.82, 2.24) is 15.1 Å². The summed E-state index contributed by atoms with van der Waals surface area (Å²) in [6.07, 6.45) is 6.11. The van der Waals surface area contributed by atoms with E-state index >= 15 is 0 Å². The first-order valence-electron chi connectivity index (χ1n) is 7.05. The minimum atomic E-state index is 0.225. The summed E-state index contributed by atoms with van der Waals surface area (Å²) >= 11 is 0. The SMILES string of the molecule is CCCn1cc(OC(CC)CNCC(C)C)cn1. The highest BCUT2D eigenvalue weighted by Gasteiger charge is 2.09. The Labute approximate surface area is 111 Å². The first-order valence-corrected chi connectivity index (χ1v) is 7.05. The second-order valence-corrected chi connectivity index (χ2v) is 5.14. The van der Waals surface area contributed by atoms with Gasteiger partial charge in [0.15, 0.2) is 5.75 Å². The van der Waals surface area contributed by atoms with E-state index in [4.69, 9.17) is 4.74 Å². The second kappa shape index (κ2) is 8.14. The number of ether oxygens (including phenoxy) is 1. The first kappa shape index (κ1) is 15.0. The Balaban J connectivity index is 2.36. The van der Waals surface area contributed by atoms with Crippen LogP contribution in [0.4, 0.5) is 0 Å². The molecule has 18 heavy (non-hydrogen) atoms. The van der Waals surface area contributed by atoms with Crippen LogP contribution in [0.1, 0.15) is 40.5 Å². The van der Waals surface area contributed by atoms with Crippen molar-refractivity contribution in [3.63, 3.8) is 0 Å². The topological polar surface area (TPSA) is 39.1 Å². The fraction of sp³-hybridized carbons (Fsp3) is 0.786. The number of rotatable bonds is 9. The van der Waals surface area contributed by atoms with Gasteiger partial charge in [-0.1, -0.05) is 27.7 Å². The summed E-state index contributed by atoms with van der Waals surface area (Å²) < 4.78 is 7.86. The predicted molar refractivity (Wildman–Crippen MR) is 74.9 cm³/mol. The molecule has 0 aliphatic carbocycles. The molecule has 0 aliphatic rings. The van der Waals surface area contributed by atoms with E-state index in [1.54, 1.807) is 6.20 Å². The molecule has 0 saturated carbocycles. The summed E-state index contributed by atoms with van der Waals surface area (Å²) in [5.41, 5.74) is 0. The van der Waals surface area contributed by atoms with Gasteiger partial charge in [0.1, 0.15) is 6.10 Å². The van der Waals surface area contributed by atoms with Crippen LogP contribution in [-0.4, -0.2) is 29.0 Å². The number of aryl methyl sites for hydroxylation is 1. The Morgan fingerprint density at radius 2 is 2.11 bits per heavy atom. The quantitative estimate of drug-likeness (QED) is 0.735. The molecule has 0 spiro atoms. The molecule has 0 fully saturated rings. The van der Waals surface area contributed by atoms with Crippen LogP contribution >= 0.6 is 0 Å². The molecule has 1 aromatic heterocycles. The average Bonchev–Trinajstić information content (AvgIpc) is 2.75. The molecule has 1 rings (SSSR count). The average molecular weight is 253 g/mol. The Hall–Kier alpha value is -1.03. The van der Waals surface area contributed by atoms with Gasteiger partial charge in [0.05, 0.1) is 12.4 Å². The van der Waals surface area contributed by atoms with Gasteiger partial charge < -0.3 is 10.1 Å². The van der Waals surface area contributed by atoms with E-state index in [1.807, 2.05) is 10.9 Å². The molecule has 1 aromatic rings. The normalized spacial score (nSPS) is 12.9. The number of nitrogens with zero attached hydrogens (tertiary/aromatic N) is 2. The van der Waals surface area contributed by atoms with Gasteiger partial charge in [0, 0.05) is 13.1 Å². The Morgan fingerprint density at radius 3 is 2.72 bits per heavy atom. The molecule has 1 heterocycles. The highest BCUT2D eigenvalue weighted by atomic mass is 16.5. The van der Waals surface area contributed by atoms with Crippen molar-refractivity contribution in [2.45, 2.75) is 53.2 Å². The highest BCUT2D eigenvalue weighted by molar-refractivity contribution is 5.12. The van der Waals surface area contributed by atoms with E-state index in [-0.39, 0.29) is 6.10 Å². The minimum absolute atomic E-state index is 0.225. The van der Waals surface area contributed by atoms with E-state index in [9.17, 15) is 0 Å². The van der Waals surface area contributed by atoms with Crippen molar-refractivity contribution in [3.05, 3.63) is 12.4 Å². The van der Waals surface area contributed by atoms with Crippen molar-refractivity contribution in [2.24, 2.45) is 5.92 Å². The van der Waals surface area contributed by atoms with Crippen molar-refractivity contribution >= 4 is 0 Å². The molecule has 1 atom stereocenters. The molecule has 0 radical (unpaired) electrons. The Kier molecular flexibility index (Phi) is 6.80. The van der Waals surface area contributed by atoms with Gasteiger partial charge >= 0.3 is 0 Å². The largest absolute Gasteiger partial charge is 0.486 e. The van der Waals surface area contributed by atoms with Gasteiger partial charge in [-0.25, -0.2) is 0 Å². The summed E-state index contributed by atoms with van der Waals surface area (Å²) in [5, 5.41) is 7.71. The van der Waals surface area contributed by atoms with Crippen molar-refractivity contribution in [1.29, 1.82) is 0 Å². The number of hydrogen-bond acceptors (Lipinski definition) is 3. The highest BCUT2D eigenvalue weighted by Crippen LogP contribution is 2.12. The zero-order valence-electron chi connectivity index (χ0n) is 12.1. The van der Waals surface area contributed by atoms with Crippen LogP contribution in [0.15, 0.2) is 12.4 Å². The summed E-state index contributed by atoms with van der Waals surface area (Å²) in [6.45, 7) is 11.6. The van der Waals surface area contributed by atoms with Crippen LogP contribution in [0, 0.1) is 5.92 Å². The molecule has 0 saturated heterocycles. The number of hydrogen-bond donors (Lipinski definition) is 1. The van der Waals surface area contributed by atoms with Crippen LogP contribution in [0.25, 0.3) is 0 Å². The monoisotopic (exact) mass is 253 g/mol. The molecule has 0 bridgehead atoms. The third kappa shape index (κ3) is 5.54. The molecule has 4 heteroatoms. The lowest BCUT2D eigenvalue weighted by molar-refractivity contribution is 0.192. The summed E-state index contributed by atoms with van der Waals surface area (Å²) in [6, 6.07) is 0. The maximum absolute atomic E-state index is 5.93. The molecule has 0 aromatic carbocycles. The third-order valence-corrected chi connectivity index (χ3v) is 2.74. The van der Waals surface area contributed by atoms with Crippen LogP contribution in [0.5, 0.6) is 5.75 Å². The molecule has 4 nitrogen and oxygen atoms in total. The lowest BCUT2D eigenvalue weighted by atomic mass is 10.2. The summed E-state index contributed by atoms with van der Waals surface area (Å²) in [7, 11) is 0. The second-order valence-electron chi connectivity index (χ2n) is 5.14. The van der Waals surface area contributed by atoms with E-state index in [2.05, 4.69) is 38.1 Å². The van der Waals surface area contributed by atoms with Crippen LogP contribution in [-0.2, 0) is 6.54 Å². The van der Waals surface area contributed by atoms with Gasteiger partial charge in [-0.2, -0.15) is 5.10 Å². The van der Waals surface area contributed by atoms with Gasteiger partial charge in [-0.15, -0.1) is 0 Å². The van der Waals surface area contributed by atoms with Crippen LogP contribution in [0.2, 0.25) is 0 Å². The summed E-state index contributed by atoms with van der Waals surface area (Å²) in [5.74, 6) is 1.55. The molecule has 1 unspecified atom stereocenters. The van der Waals surface area contributed by atoms with Gasteiger partial charge in [-0.05, 0) is 25.3 Å². The van der Waals surface area contributed by atoms with Crippen LogP contribution in [0.3, 0.4) is 0 Å². The molecular weight excluding hydrogens is 226 g/mol. The summed E-state index contributed by atoms with van der Waals surface area (Å²) in [4.78, 5) is 0. The Morgan fingerprint density at radius 1 is 1.33 bits per heavy atom. The standard InChI is InChI=1S/C14H27N3O/c1-5-7-17-11-14(10-16-17)18-13(6-2)9-15-8-12(3)4/h10-13,15H,5-9H2,1-4H3. The third-order valence-electron chi connectivity index (χ3n) is 2.74. The van der Waals surface area contributed by atoms with Crippen molar-refractivity contribution < 1.29 is 4.74 Å². The van der Waals surface area contributed by atoms with Gasteiger partial charge in [0.25, 0.3) is 0 Å². The number of nitrogens with one attached hydrogen (secondary N) is 1. The zero-order valence-corrected chi connectivity index (χ0v) is 12.1. The van der Waals surface area contributed by atoms with E-state index in [0.717, 1.165) is 38.2 Å². The molecule has 1 N–H and O–H groups in total. The predicted octanol–water partition coefficient (Wildman–Crippen LogP) is 2.70. The minimum Gasteiger partial charge on any atom is -0.486 e. The van der Waals surface area contributed by atoms with Gasteiger partial charge in [-0.3, -0.25) is 4.68 Å². The van der Waals surface area contributed by atoms with E-state index < -0.39 is 0 Å². The van der Waals surface area contributed by atoms with E-state index in [0.29, 0.717) is 5.92 Å². The molecule has 0 aliphatic heterocycles. The lowest BCUT2D eigenvalue weighted by Crippen LogP contribution is -2.32. The Bertz CT molecular complexity index is 323. The maximum Gasteiger partial charge on any atom is 0.157 e. The fourth-order valence-electron chi connectivity index (χ4n) is 1.75. The molecule has 0 amide bonds. The smallest absolute Gasteiger partial charge is 0.157 e. The van der Waals surface area contributed by atoms with Crippen LogP contribution < -0.4 is 10.1 Å². The van der Waals surface area contributed by atoms with Gasteiger partial charge in [0.2, 0.25) is 0 Å². The zero-order chi connectivity index (χ0) is 13.4. The van der Waals surface area contributed by atoms with Crippen molar-refractivity contribution in [2.75, 3.05) is 13.1 Å². The fourth-order valence-corrected chi connectivity index (χ4v) is 1.75. The maximum atomic E-state index is 5.93. The first-order chi connectivity index (χ1) is 8.65. The lowest BCUT2D eigenvalue weighted by Gasteiger charge is -2.17.